The van der Waals surface area contributed by atoms with E-state index in [1.807, 2.05) is 0 Å². The molecule has 5 aliphatic carbocycles. The molecular weight excluding hydrogens is 464 g/mol. The highest BCUT2D eigenvalue weighted by Crippen LogP contribution is 2.76. The Morgan fingerprint density at radius 3 is 2.35 bits per heavy atom. The molecule has 1 saturated heterocycles. The van der Waals surface area contributed by atoms with E-state index in [1.165, 1.54) is 13.3 Å². The van der Waals surface area contributed by atoms with Crippen LogP contribution in [-0.4, -0.2) is 46.2 Å². The molecule has 5 heteroatoms. The Bertz CT molecular complexity index is 949. The summed E-state index contributed by atoms with van der Waals surface area (Å²) in [5, 5.41) is 22.8. The predicted octanol–water partition coefficient (Wildman–Crippen LogP) is 5.60. The number of carbonyl (C=O) groups excluding carboxylic acids is 1. The zero-order valence-electron chi connectivity index (χ0n) is 24.5. The van der Waals surface area contributed by atoms with Crippen LogP contribution in [0, 0.1) is 63.6 Å². The molecule has 37 heavy (non-hydrogen) atoms. The molecular formula is C32H52O5. The molecule has 6 aliphatic rings. The molecule has 0 bridgehead atoms. The fraction of sp³-hybridized carbons (Fsp3) is 0.969. The van der Waals surface area contributed by atoms with E-state index < -0.39 is 12.2 Å². The van der Waals surface area contributed by atoms with Crippen molar-refractivity contribution in [1.29, 1.82) is 0 Å². The van der Waals surface area contributed by atoms with Crippen LogP contribution < -0.4 is 0 Å². The maximum Gasteiger partial charge on any atom is 0.303 e. The van der Waals surface area contributed by atoms with Crippen LogP contribution in [0.3, 0.4) is 0 Å². The third-order valence-corrected chi connectivity index (χ3v) is 14.1. The van der Waals surface area contributed by atoms with Gasteiger partial charge >= 0.3 is 5.97 Å². The second-order valence-corrected chi connectivity index (χ2v) is 15.6. The molecule has 0 aromatic rings. The molecule has 0 aromatic heterocycles. The van der Waals surface area contributed by atoms with Crippen LogP contribution in [0.5, 0.6) is 0 Å². The van der Waals surface area contributed by atoms with Crippen LogP contribution in [0.15, 0.2) is 0 Å². The Kier molecular flexibility index (Phi) is 5.88. The predicted molar refractivity (Wildman–Crippen MR) is 142 cm³/mol. The Morgan fingerprint density at radius 2 is 1.70 bits per heavy atom. The number of ether oxygens (including phenoxy) is 2. The van der Waals surface area contributed by atoms with Gasteiger partial charge < -0.3 is 19.7 Å². The third kappa shape index (κ3) is 3.35. The third-order valence-electron chi connectivity index (χ3n) is 14.1. The number of epoxide rings is 1. The molecule has 2 N–H and O–H groups in total. The molecule has 1 spiro atoms. The SMILES string of the molecule is CC(=O)OC1C(O)C2C(CC3OC34CC(O)CCC24C)C2CCC(C(C)C3CC3(C)C(C)C(C)C)C21C. The lowest BCUT2D eigenvalue weighted by Crippen LogP contribution is -2.68. The first kappa shape index (κ1) is 26.6. The molecule has 6 fully saturated rings. The summed E-state index contributed by atoms with van der Waals surface area (Å²) < 4.78 is 12.7. The van der Waals surface area contributed by atoms with Crippen molar-refractivity contribution in [1.82, 2.24) is 0 Å². The quantitative estimate of drug-likeness (QED) is 0.367. The highest BCUT2D eigenvalue weighted by Gasteiger charge is 2.79. The number of aliphatic hydroxyl groups excluding tert-OH is 2. The minimum atomic E-state index is -0.689. The van der Waals surface area contributed by atoms with E-state index in [0.29, 0.717) is 53.3 Å². The number of esters is 1. The molecule has 5 saturated carbocycles. The van der Waals surface area contributed by atoms with Crippen LogP contribution in [0.25, 0.3) is 0 Å². The lowest BCUT2D eigenvalue weighted by molar-refractivity contribution is -0.236. The smallest absolute Gasteiger partial charge is 0.303 e. The second kappa shape index (κ2) is 8.19. The second-order valence-electron chi connectivity index (χ2n) is 15.6. The number of fused-ring (bicyclic) bond motifs is 4. The van der Waals surface area contributed by atoms with E-state index in [2.05, 4.69) is 48.5 Å². The van der Waals surface area contributed by atoms with Crippen molar-refractivity contribution in [3.63, 3.8) is 0 Å². The van der Waals surface area contributed by atoms with Gasteiger partial charge in [0, 0.05) is 24.2 Å². The van der Waals surface area contributed by atoms with E-state index in [9.17, 15) is 15.0 Å². The number of carbonyl (C=O) groups is 1. The molecule has 5 nitrogen and oxygen atoms in total. The van der Waals surface area contributed by atoms with Crippen molar-refractivity contribution in [2.75, 3.05) is 0 Å². The van der Waals surface area contributed by atoms with Crippen LogP contribution >= 0.6 is 0 Å². The minimum Gasteiger partial charge on any atom is -0.459 e. The molecule has 15 atom stereocenters. The first-order chi connectivity index (χ1) is 17.2. The van der Waals surface area contributed by atoms with Crippen molar-refractivity contribution in [3.05, 3.63) is 0 Å². The molecule has 0 radical (unpaired) electrons. The van der Waals surface area contributed by atoms with Gasteiger partial charge in [-0.05, 0) is 91.3 Å². The van der Waals surface area contributed by atoms with E-state index in [-0.39, 0.29) is 40.5 Å². The first-order valence-electron chi connectivity index (χ1n) is 15.4. The van der Waals surface area contributed by atoms with Crippen molar-refractivity contribution in [2.45, 2.75) is 130 Å². The molecule has 210 valence electrons. The summed E-state index contributed by atoms with van der Waals surface area (Å²) in [6.07, 6.45) is 5.60. The summed E-state index contributed by atoms with van der Waals surface area (Å²) in [6.45, 7) is 18.3. The lowest BCUT2D eigenvalue weighted by Gasteiger charge is -2.63. The largest absolute Gasteiger partial charge is 0.459 e. The van der Waals surface area contributed by atoms with Gasteiger partial charge in [-0.3, -0.25) is 4.79 Å². The summed E-state index contributed by atoms with van der Waals surface area (Å²) in [5.74, 6) is 3.62. The van der Waals surface area contributed by atoms with E-state index in [0.717, 1.165) is 32.1 Å². The average Bonchev–Trinajstić information content (AvgIpc) is 3.67. The number of aliphatic hydroxyl groups is 2. The maximum absolute atomic E-state index is 12.5. The Morgan fingerprint density at radius 1 is 1.00 bits per heavy atom. The van der Waals surface area contributed by atoms with Crippen LogP contribution in [0.1, 0.15) is 100 Å². The zero-order chi connectivity index (χ0) is 26.9. The molecule has 0 aromatic carbocycles. The highest BCUT2D eigenvalue weighted by atomic mass is 16.6. The molecule has 15 unspecified atom stereocenters. The van der Waals surface area contributed by atoms with Crippen LogP contribution in [0.4, 0.5) is 0 Å². The summed E-state index contributed by atoms with van der Waals surface area (Å²) in [5.41, 5.74) is -0.340. The van der Waals surface area contributed by atoms with Crippen LogP contribution in [-0.2, 0) is 14.3 Å². The van der Waals surface area contributed by atoms with E-state index >= 15 is 0 Å². The van der Waals surface area contributed by atoms with Gasteiger partial charge in [0.15, 0.2) is 0 Å². The summed E-state index contributed by atoms with van der Waals surface area (Å²) in [6, 6.07) is 0. The van der Waals surface area contributed by atoms with Crippen LogP contribution in [0.2, 0.25) is 0 Å². The molecule has 1 aliphatic heterocycles. The van der Waals surface area contributed by atoms with Crippen molar-refractivity contribution in [3.8, 4) is 0 Å². The topological polar surface area (TPSA) is 79.3 Å². The van der Waals surface area contributed by atoms with Gasteiger partial charge in [0.05, 0.1) is 18.3 Å². The van der Waals surface area contributed by atoms with Crippen molar-refractivity contribution >= 4 is 5.97 Å². The Labute approximate surface area is 224 Å². The van der Waals surface area contributed by atoms with E-state index in [1.54, 1.807) is 0 Å². The monoisotopic (exact) mass is 516 g/mol. The van der Waals surface area contributed by atoms with Gasteiger partial charge in [0.25, 0.3) is 0 Å². The van der Waals surface area contributed by atoms with Gasteiger partial charge in [-0.15, -0.1) is 0 Å². The van der Waals surface area contributed by atoms with Gasteiger partial charge in [0.1, 0.15) is 11.7 Å². The normalized spacial score (nSPS) is 57.4. The van der Waals surface area contributed by atoms with Gasteiger partial charge in [-0.2, -0.15) is 0 Å². The fourth-order valence-corrected chi connectivity index (χ4v) is 11.7. The van der Waals surface area contributed by atoms with E-state index in [4.69, 9.17) is 9.47 Å². The lowest BCUT2D eigenvalue weighted by atomic mass is 9.42. The Hall–Kier alpha value is -0.650. The summed E-state index contributed by atoms with van der Waals surface area (Å²) in [7, 11) is 0. The van der Waals surface area contributed by atoms with Gasteiger partial charge in [-0.25, -0.2) is 0 Å². The van der Waals surface area contributed by atoms with Gasteiger partial charge in [-0.1, -0.05) is 48.5 Å². The molecule has 0 amide bonds. The highest BCUT2D eigenvalue weighted by molar-refractivity contribution is 5.66. The maximum atomic E-state index is 12.5. The first-order valence-corrected chi connectivity index (χ1v) is 15.4. The summed E-state index contributed by atoms with van der Waals surface area (Å²) in [4.78, 5) is 12.5. The number of hydrogen-bond acceptors (Lipinski definition) is 5. The Balaban J connectivity index is 1.35. The molecule has 1 heterocycles. The van der Waals surface area contributed by atoms with Crippen molar-refractivity contribution in [2.24, 2.45) is 63.6 Å². The summed E-state index contributed by atoms with van der Waals surface area (Å²) >= 11 is 0. The fourth-order valence-electron chi connectivity index (χ4n) is 11.7. The number of rotatable bonds is 5. The average molecular weight is 517 g/mol. The van der Waals surface area contributed by atoms with Crippen molar-refractivity contribution < 1.29 is 24.5 Å². The number of hydrogen-bond donors (Lipinski definition) is 2. The zero-order valence-corrected chi connectivity index (χ0v) is 24.5. The standard InChI is InChI=1S/C32H52O5/c1-16(2)18(4)29(6)15-24(29)17(3)22-9-10-23-21-13-25-32(37-25)14-20(34)11-12-30(32,7)26(21)27(35)28(31(22,23)8)36-19(5)33/h16-18,20-28,34-35H,9-15H2,1-8H3. The van der Waals surface area contributed by atoms with Gasteiger partial charge in [0.2, 0.25) is 0 Å². The molecule has 6 rings (SSSR count). The minimum absolute atomic E-state index is 0.0439.